The number of aryl methyl sites for hydroxylation is 4. The van der Waals surface area contributed by atoms with E-state index in [1.165, 1.54) is 26.0 Å². The third-order valence-corrected chi connectivity index (χ3v) is 10.8. The highest BCUT2D eigenvalue weighted by molar-refractivity contribution is 7.16. The molecule has 1 aliphatic rings. The summed E-state index contributed by atoms with van der Waals surface area (Å²) in [7, 11) is 0. The number of hydrogen-bond donors (Lipinski definition) is 0. The standard InChI is InChI=1S/C34H31ClF6S2/c1-5-21-7-12-23(13-8-21)28-17-26(19(3)42-28)30-31(33(38,39)34(40,41)32(30,36)37)27-18-29(43-20(27)4)24-14-9-22(10-15-24)11-16-25(35)6-2/h7-10,12-15,17-18,25H,5-6,11,16H2,1-4H3. The summed E-state index contributed by atoms with van der Waals surface area (Å²) in [5.74, 6) is -15.8. The van der Waals surface area contributed by atoms with Crippen LogP contribution >= 0.6 is 34.3 Å². The Morgan fingerprint density at radius 2 is 1.09 bits per heavy atom. The maximum absolute atomic E-state index is 15.6. The van der Waals surface area contributed by atoms with Crippen molar-refractivity contribution in [3.8, 4) is 20.9 Å². The minimum absolute atomic E-state index is 0.0681. The molecular formula is C34H31ClF6S2. The van der Waals surface area contributed by atoms with Crippen LogP contribution in [0.4, 0.5) is 26.3 Å². The average molecular weight is 653 g/mol. The monoisotopic (exact) mass is 652 g/mol. The lowest BCUT2D eigenvalue weighted by atomic mass is 9.94. The summed E-state index contributed by atoms with van der Waals surface area (Å²) in [6.07, 6.45) is 3.24. The van der Waals surface area contributed by atoms with Crippen molar-refractivity contribution in [3.05, 3.63) is 92.7 Å². The van der Waals surface area contributed by atoms with Gasteiger partial charge in [-0.15, -0.1) is 34.3 Å². The summed E-state index contributed by atoms with van der Waals surface area (Å²) < 4.78 is 92.4. The molecule has 2 heterocycles. The molecule has 0 nitrogen and oxygen atoms in total. The second-order valence-corrected chi connectivity index (χ2v) is 14.1. The Morgan fingerprint density at radius 1 is 0.674 bits per heavy atom. The van der Waals surface area contributed by atoms with Crippen LogP contribution in [0.1, 0.15) is 58.7 Å². The van der Waals surface area contributed by atoms with E-state index < -0.39 is 28.9 Å². The largest absolute Gasteiger partial charge is 0.380 e. The summed E-state index contributed by atoms with van der Waals surface area (Å²) in [6.45, 7) is 7.01. The van der Waals surface area contributed by atoms with Crippen LogP contribution in [0, 0.1) is 13.8 Å². The van der Waals surface area contributed by atoms with E-state index in [9.17, 15) is 0 Å². The van der Waals surface area contributed by atoms with Crippen LogP contribution in [0.3, 0.4) is 0 Å². The van der Waals surface area contributed by atoms with E-state index in [2.05, 4.69) is 0 Å². The molecule has 4 aromatic rings. The van der Waals surface area contributed by atoms with Gasteiger partial charge in [-0.3, -0.25) is 0 Å². The molecule has 228 valence electrons. The van der Waals surface area contributed by atoms with Crippen molar-refractivity contribution in [2.24, 2.45) is 0 Å². The Labute approximate surface area is 261 Å². The van der Waals surface area contributed by atoms with E-state index in [1.54, 1.807) is 0 Å². The SMILES string of the molecule is CCc1ccc(-c2cc(C3=C(c4cc(-c5ccc(CCC(Cl)CC)cc5)sc4C)C(F)(F)C(F)(F)C3(F)F)c(C)s2)cc1. The first kappa shape index (κ1) is 31.9. The molecule has 0 radical (unpaired) electrons. The predicted octanol–water partition coefficient (Wildman–Crippen LogP) is 12.1. The molecule has 0 aliphatic heterocycles. The van der Waals surface area contributed by atoms with Crippen molar-refractivity contribution < 1.29 is 26.3 Å². The summed E-state index contributed by atoms with van der Waals surface area (Å²) >= 11 is 8.46. The fourth-order valence-electron chi connectivity index (χ4n) is 5.45. The molecular weight excluding hydrogens is 622 g/mol. The number of allylic oxidation sites excluding steroid dienone is 2. The average Bonchev–Trinajstić information content (AvgIpc) is 3.58. The van der Waals surface area contributed by atoms with E-state index in [-0.39, 0.29) is 26.3 Å². The fraction of sp³-hybridized carbons (Fsp3) is 0.353. The third kappa shape index (κ3) is 5.48. The second-order valence-electron chi connectivity index (χ2n) is 10.9. The number of benzene rings is 2. The van der Waals surface area contributed by atoms with Crippen molar-refractivity contribution >= 4 is 45.4 Å². The summed E-state index contributed by atoms with van der Waals surface area (Å²) in [5, 5.41) is 0.0681. The molecule has 5 rings (SSSR count). The van der Waals surface area contributed by atoms with Crippen LogP contribution in [-0.2, 0) is 12.8 Å². The van der Waals surface area contributed by atoms with Gasteiger partial charge in [-0.2, -0.15) is 26.3 Å². The third-order valence-electron chi connectivity index (χ3n) is 8.12. The van der Waals surface area contributed by atoms with Crippen LogP contribution in [0.2, 0.25) is 0 Å². The Balaban J connectivity index is 1.61. The predicted molar refractivity (Wildman–Crippen MR) is 168 cm³/mol. The highest BCUT2D eigenvalue weighted by Gasteiger charge is 2.80. The van der Waals surface area contributed by atoms with Gasteiger partial charge >= 0.3 is 17.8 Å². The highest BCUT2D eigenvalue weighted by Crippen LogP contribution is 2.66. The maximum atomic E-state index is 15.6. The zero-order valence-electron chi connectivity index (χ0n) is 24.1. The quantitative estimate of drug-likeness (QED) is 0.125. The smallest absolute Gasteiger partial charge is 0.194 e. The van der Waals surface area contributed by atoms with E-state index in [1.807, 2.05) is 62.4 Å². The summed E-state index contributed by atoms with van der Waals surface area (Å²) in [6, 6.07) is 17.6. The molecule has 0 fully saturated rings. The van der Waals surface area contributed by atoms with Gasteiger partial charge in [0.25, 0.3) is 0 Å². The molecule has 2 aromatic heterocycles. The number of halogens is 7. The zero-order valence-corrected chi connectivity index (χ0v) is 26.5. The molecule has 0 saturated heterocycles. The molecule has 2 aromatic carbocycles. The lowest BCUT2D eigenvalue weighted by molar-refractivity contribution is -0.254. The number of hydrogen-bond acceptors (Lipinski definition) is 2. The van der Waals surface area contributed by atoms with Gasteiger partial charge in [-0.1, -0.05) is 62.4 Å². The molecule has 9 heteroatoms. The van der Waals surface area contributed by atoms with Crippen molar-refractivity contribution in [1.82, 2.24) is 0 Å². The van der Waals surface area contributed by atoms with Gasteiger partial charge in [0, 0.05) is 36.0 Å². The zero-order chi connectivity index (χ0) is 31.3. The van der Waals surface area contributed by atoms with Gasteiger partial charge in [0.15, 0.2) is 0 Å². The van der Waals surface area contributed by atoms with Crippen LogP contribution in [0.5, 0.6) is 0 Å². The van der Waals surface area contributed by atoms with Crippen LogP contribution in [0.25, 0.3) is 32.0 Å². The van der Waals surface area contributed by atoms with E-state index in [4.69, 9.17) is 11.6 Å². The minimum atomic E-state index is -5.60. The molecule has 0 spiro atoms. The van der Waals surface area contributed by atoms with Gasteiger partial charge in [0.2, 0.25) is 0 Å². The van der Waals surface area contributed by atoms with E-state index in [0.29, 0.717) is 20.9 Å². The van der Waals surface area contributed by atoms with Crippen LogP contribution < -0.4 is 0 Å². The lowest BCUT2D eigenvalue weighted by Crippen LogP contribution is -2.48. The molecule has 43 heavy (non-hydrogen) atoms. The van der Waals surface area contributed by atoms with E-state index in [0.717, 1.165) is 59.5 Å². The molecule has 1 unspecified atom stereocenters. The topological polar surface area (TPSA) is 0 Å². The number of alkyl halides is 7. The minimum Gasteiger partial charge on any atom is -0.194 e. The second kappa shape index (κ2) is 11.8. The van der Waals surface area contributed by atoms with Crippen LogP contribution in [0.15, 0.2) is 60.7 Å². The Hall–Kier alpha value is -2.55. The maximum Gasteiger partial charge on any atom is 0.380 e. The van der Waals surface area contributed by atoms with Crippen molar-refractivity contribution in [1.29, 1.82) is 0 Å². The Kier molecular flexibility index (Phi) is 8.71. The van der Waals surface area contributed by atoms with Crippen molar-refractivity contribution in [2.45, 2.75) is 76.5 Å². The molecule has 1 aliphatic carbocycles. The van der Waals surface area contributed by atoms with Gasteiger partial charge in [-0.05, 0) is 85.0 Å². The fourth-order valence-corrected chi connectivity index (χ4v) is 7.62. The first-order valence-electron chi connectivity index (χ1n) is 14.2. The Bertz CT molecular complexity index is 1650. The highest BCUT2D eigenvalue weighted by atomic mass is 35.5. The Morgan fingerprint density at radius 3 is 1.49 bits per heavy atom. The molecule has 0 N–H and O–H groups in total. The van der Waals surface area contributed by atoms with Gasteiger partial charge in [-0.25, -0.2) is 0 Å². The first-order chi connectivity index (χ1) is 20.2. The van der Waals surface area contributed by atoms with Gasteiger partial charge < -0.3 is 0 Å². The van der Waals surface area contributed by atoms with Crippen molar-refractivity contribution in [3.63, 3.8) is 0 Å². The summed E-state index contributed by atoms with van der Waals surface area (Å²) in [5.41, 5.74) is 0.340. The molecule has 1 atom stereocenters. The summed E-state index contributed by atoms with van der Waals surface area (Å²) in [4.78, 5) is 1.60. The molecule has 0 bridgehead atoms. The normalized spacial score (nSPS) is 17.9. The van der Waals surface area contributed by atoms with Crippen LogP contribution in [-0.4, -0.2) is 23.1 Å². The first-order valence-corrected chi connectivity index (χ1v) is 16.2. The number of thiophene rings is 2. The number of rotatable bonds is 9. The van der Waals surface area contributed by atoms with Crippen molar-refractivity contribution in [2.75, 3.05) is 0 Å². The van der Waals surface area contributed by atoms with Gasteiger partial charge in [0.05, 0.1) is 0 Å². The molecule has 0 amide bonds. The molecule has 0 saturated carbocycles. The van der Waals surface area contributed by atoms with E-state index >= 15 is 26.3 Å². The lowest BCUT2D eigenvalue weighted by Gasteiger charge is -2.25. The van der Waals surface area contributed by atoms with Gasteiger partial charge in [0.1, 0.15) is 0 Å².